The first-order valence-corrected chi connectivity index (χ1v) is 13.0. The number of urea groups is 1. The summed E-state index contributed by atoms with van der Waals surface area (Å²) in [5, 5.41) is 6.45. The molecule has 2 saturated heterocycles. The number of hydrogen-bond acceptors (Lipinski definition) is 5. The van der Waals surface area contributed by atoms with Crippen LogP contribution < -0.4 is 5.32 Å². The Kier molecular flexibility index (Phi) is 7.65. The van der Waals surface area contributed by atoms with Crippen LogP contribution in [0.15, 0.2) is 85.1 Å². The minimum Gasteiger partial charge on any atom is -0.333 e. The highest BCUT2D eigenvalue weighted by Crippen LogP contribution is 2.36. The summed E-state index contributed by atoms with van der Waals surface area (Å²) in [7, 11) is 0. The van der Waals surface area contributed by atoms with Gasteiger partial charge in [-0.3, -0.25) is 19.6 Å². The van der Waals surface area contributed by atoms with E-state index in [-0.39, 0.29) is 30.9 Å². The first-order valence-electron chi connectivity index (χ1n) is 13.0. The van der Waals surface area contributed by atoms with Crippen molar-refractivity contribution in [1.82, 2.24) is 30.1 Å². The van der Waals surface area contributed by atoms with E-state index in [1.165, 1.54) is 0 Å². The minimum absolute atomic E-state index is 0.0253. The second-order valence-electron chi connectivity index (χ2n) is 9.50. The molecule has 0 saturated carbocycles. The molecule has 1 N–H and O–H groups in total. The Morgan fingerprint density at radius 3 is 2.39 bits per heavy atom. The van der Waals surface area contributed by atoms with E-state index in [1.54, 1.807) is 21.0 Å². The third-order valence-corrected chi connectivity index (χ3v) is 6.92. The number of hydrogen-bond donors (Lipinski definition) is 1. The van der Waals surface area contributed by atoms with Gasteiger partial charge in [-0.25, -0.2) is 4.79 Å². The summed E-state index contributed by atoms with van der Waals surface area (Å²) in [6.07, 6.45) is 1.94. The number of fused-ring (bicyclic) bond motifs is 1. The molecule has 0 unspecified atom stereocenters. The van der Waals surface area contributed by atoms with Gasteiger partial charge in [0.2, 0.25) is 5.91 Å². The molecule has 5 rings (SSSR count). The number of rotatable bonds is 8. The summed E-state index contributed by atoms with van der Waals surface area (Å²) < 4.78 is 0. The van der Waals surface area contributed by atoms with Crippen LogP contribution in [0, 0.1) is 0 Å². The summed E-state index contributed by atoms with van der Waals surface area (Å²) in [6.45, 7) is 3.45. The third kappa shape index (κ3) is 5.24. The van der Waals surface area contributed by atoms with E-state index < -0.39 is 12.2 Å². The number of pyridine rings is 1. The predicted octanol–water partition coefficient (Wildman–Crippen LogP) is 3.17. The minimum atomic E-state index is -0.771. The first kappa shape index (κ1) is 25.4. The number of nitrogens with zero attached hydrogens (tertiary/aromatic N) is 5. The van der Waals surface area contributed by atoms with Gasteiger partial charge in [0.15, 0.2) is 0 Å². The molecule has 9 heteroatoms. The highest BCUT2D eigenvalue weighted by atomic mass is 16.2. The van der Waals surface area contributed by atoms with Gasteiger partial charge in [-0.15, -0.1) is 0 Å². The zero-order valence-corrected chi connectivity index (χ0v) is 21.4. The second-order valence-corrected chi connectivity index (χ2v) is 9.50. The molecule has 4 amide bonds. The van der Waals surface area contributed by atoms with E-state index in [9.17, 15) is 14.4 Å². The van der Waals surface area contributed by atoms with Crippen molar-refractivity contribution >= 4 is 17.8 Å². The maximum atomic E-state index is 13.8. The summed E-state index contributed by atoms with van der Waals surface area (Å²) in [6, 6.07) is 23.7. The average Bonchev–Trinajstić information content (AvgIpc) is 3.27. The Bertz CT molecular complexity index is 1260. The van der Waals surface area contributed by atoms with Crippen LogP contribution in [0.1, 0.15) is 36.2 Å². The van der Waals surface area contributed by atoms with E-state index in [0.717, 1.165) is 23.2 Å². The normalized spacial score (nSPS) is 19.4. The van der Waals surface area contributed by atoms with Crippen LogP contribution in [0.3, 0.4) is 0 Å². The van der Waals surface area contributed by atoms with E-state index in [2.05, 4.69) is 10.3 Å². The number of amides is 4. The molecule has 1 aromatic heterocycles. The van der Waals surface area contributed by atoms with Gasteiger partial charge < -0.3 is 15.1 Å². The molecule has 38 heavy (non-hydrogen) atoms. The van der Waals surface area contributed by atoms with Gasteiger partial charge in [0.25, 0.3) is 5.91 Å². The number of hydrazine groups is 1. The van der Waals surface area contributed by atoms with Crippen molar-refractivity contribution in [2.24, 2.45) is 0 Å². The van der Waals surface area contributed by atoms with Crippen LogP contribution in [-0.4, -0.2) is 68.4 Å². The molecule has 2 atom stereocenters. The zero-order valence-electron chi connectivity index (χ0n) is 21.4. The molecule has 3 aromatic rings. The molecule has 2 aliphatic rings. The highest BCUT2D eigenvalue weighted by Gasteiger charge is 2.52. The third-order valence-electron chi connectivity index (χ3n) is 6.92. The SMILES string of the molecule is CCCN(C(=O)NCc1ccccc1)N1CC(=O)N2[C@@H](c3ccccc3)C(=O)N(Cc3ccccn3)C[C@@H]21. The van der Waals surface area contributed by atoms with Crippen molar-refractivity contribution in [3.05, 3.63) is 102 Å². The van der Waals surface area contributed by atoms with Crippen LogP contribution in [0.2, 0.25) is 0 Å². The number of carbonyl (C=O) groups is 3. The summed E-state index contributed by atoms with van der Waals surface area (Å²) in [5.41, 5.74) is 2.51. The van der Waals surface area contributed by atoms with Gasteiger partial charge in [0, 0.05) is 19.3 Å². The maximum Gasteiger partial charge on any atom is 0.332 e. The van der Waals surface area contributed by atoms with Crippen LogP contribution in [0.5, 0.6) is 0 Å². The predicted molar refractivity (Wildman–Crippen MR) is 142 cm³/mol. The standard InChI is InChI=1S/C29H32N6O3/c1-2-17-33(29(38)31-18-22-11-5-3-6-12-22)34-21-26(36)35-25(34)20-32(19-24-15-9-10-16-30-24)28(37)27(35)23-13-7-4-8-14-23/h3-16,25,27H,2,17-21H2,1H3,(H,31,38)/t25-,27+/m1/s1. The average molecular weight is 513 g/mol. The lowest BCUT2D eigenvalue weighted by Crippen LogP contribution is -2.62. The van der Waals surface area contributed by atoms with Crippen molar-refractivity contribution in [3.8, 4) is 0 Å². The maximum absolute atomic E-state index is 13.8. The van der Waals surface area contributed by atoms with Crippen molar-refractivity contribution < 1.29 is 14.4 Å². The van der Waals surface area contributed by atoms with Gasteiger partial charge in [0.1, 0.15) is 12.2 Å². The lowest BCUT2D eigenvalue weighted by atomic mass is 10.0. The number of carbonyl (C=O) groups excluding carboxylic acids is 3. The molecule has 0 radical (unpaired) electrons. The quantitative estimate of drug-likeness (QED) is 0.501. The largest absolute Gasteiger partial charge is 0.333 e. The summed E-state index contributed by atoms with van der Waals surface area (Å²) in [4.78, 5) is 48.5. The van der Waals surface area contributed by atoms with Gasteiger partial charge in [0.05, 0.1) is 25.3 Å². The van der Waals surface area contributed by atoms with E-state index >= 15 is 0 Å². The molecule has 9 nitrogen and oxygen atoms in total. The lowest BCUT2D eigenvalue weighted by molar-refractivity contribution is -0.158. The monoisotopic (exact) mass is 512 g/mol. The van der Waals surface area contributed by atoms with E-state index in [0.29, 0.717) is 19.6 Å². The smallest absolute Gasteiger partial charge is 0.332 e. The van der Waals surface area contributed by atoms with Crippen LogP contribution in [0.25, 0.3) is 0 Å². The Hall–Kier alpha value is -4.24. The molecular weight excluding hydrogens is 480 g/mol. The molecule has 0 spiro atoms. The molecule has 0 aliphatic carbocycles. The van der Waals surface area contributed by atoms with Gasteiger partial charge in [-0.2, -0.15) is 5.01 Å². The van der Waals surface area contributed by atoms with E-state index in [1.807, 2.05) is 90.8 Å². The number of benzene rings is 2. The Balaban J connectivity index is 1.44. The fourth-order valence-corrected chi connectivity index (χ4v) is 5.15. The molecule has 2 aliphatic heterocycles. The topological polar surface area (TPSA) is 89.1 Å². The van der Waals surface area contributed by atoms with Crippen molar-refractivity contribution in [3.63, 3.8) is 0 Å². The zero-order chi connectivity index (χ0) is 26.5. The van der Waals surface area contributed by atoms with E-state index in [4.69, 9.17) is 0 Å². The lowest BCUT2D eigenvalue weighted by Gasteiger charge is -2.46. The van der Waals surface area contributed by atoms with Crippen molar-refractivity contribution in [1.29, 1.82) is 0 Å². The van der Waals surface area contributed by atoms with Crippen molar-refractivity contribution in [2.45, 2.75) is 38.6 Å². The highest BCUT2D eigenvalue weighted by molar-refractivity contribution is 5.92. The Morgan fingerprint density at radius 2 is 1.71 bits per heavy atom. The van der Waals surface area contributed by atoms with Gasteiger partial charge >= 0.3 is 6.03 Å². The Labute approximate surface area is 222 Å². The first-order chi connectivity index (χ1) is 18.6. The number of nitrogens with one attached hydrogen (secondary N) is 1. The summed E-state index contributed by atoms with van der Waals surface area (Å²) >= 11 is 0. The molecule has 2 fully saturated rings. The number of piperazine rings is 1. The molecule has 3 heterocycles. The van der Waals surface area contributed by atoms with Crippen LogP contribution in [0.4, 0.5) is 4.79 Å². The molecule has 196 valence electrons. The fourth-order valence-electron chi connectivity index (χ4n) is 5.15. The summed E-state index contributed by atoms with van der Waals surface area (Å²) in [5.74, 6) is -0.324. The second kappa shape index (κ2) is 11.4. The Morgan fingerprint density at radius 1 is 1.00 bits per heavy atom. The van der Waals surface area contributed by atoms with Gasteiger partial charge in [-0.1, -0.05) is 73.7 Å². The van der Waals surface area contributed by atoms with Crippen LogP contribution >= 0.6 is 0 Å². The molecule has 0 bridgehead atoms. The molecule has 2 aromatic carbocycles. The van der Waals surface area contributed by atoms with Crippen LogP contribution in [-0.2, 0) is 22.7 Å². The molecular formula is C29H32N6O3. The van der Waals surface area contributed by atoms with Gasteiger partial charge in [-0.05, 0) is 29.7 Å². The fraction of sp³-hybridized carbons (Fsp3) is 0.310. The van der Waals surface area contributed by atoms with Crippen molar-refractivity contribution in [2.75, 3.05) is 19.6 Å². The number of aromatic nitrogens is 1.